The van der Waals surface area contributed by atoms with E-state index in [1.54, 1.807) is 7.05 Å². The molecule has 1 heterocycles. The highest BCUT2D eigenvalue weighted by atomic mass is 16.5. The monoisotopic (exact) mass is 201 g/mol. The summed E-state index contributed by atoms with van der Waals surface area (Å²) in [5.41, 5.74) is 4.70. The molecule has 0 aromatic carbocycles. The fourth-order valence-electron chi connectivity index (χ4n) is 1.49. The third-order valence-corrected chi connectivity index (χ3v) is 2.74. The van der Waals surface area contributed by atoms with E-state index in [4.69, 9.17) is 10.5 Å². The summed E-state index contributed by atoms with van der Waals surface area (Å²) in [6.45, 7) is 5.67. The standard InChI is InChI=1S/C9H19N3O2/c1-9(11-2,8(10)13)7-12-3-5-14-6-4-12/h11H,3-7H2,1-2H3,(H2,10,13). The molecule has 0 aromatic heterocycles. The summed E-state index contributed by atoms with van der Waals surface area (Å²) < 4.78 is 5.23. The Kier molecular flexibility index (Phi) is 3.86. The Bertz CT molecular complexity index is 204. The van der Waals surface area contributed by atoms with Gasteiger partial charge >= 0.3 is 0 Å². The number of hydrogen-bond acceptors (Lipinski definition) is 4. The van der Waals surface area contributed by atoms with Crippen LogP contribution >= 0.6 is 0 Å². The molecule has 1 unspecified atom stereocenters. The van der Waals surface area contributed by atoms with Gasteiger partial charge in [0, 0.05) is 19.6 Å². The van der Waals surface area contributed by atoms with E-state index in [-0.39, 0.29) is 5.91 Å². The van der Waals surface area contributed by atoms with Crippen LogP contribution in [-0.2, 0) is 9.53 Å². The smallest absolute Gasteiger partial charge is 0.238 e. The molecule has 5 nitrogen and oxygen atoms in total. The normalized spacial score (nSPS) is 23.0. The minimum Gasteiger partial charge on any atom is -0.379 e. The average molecular weight is 201 g/mol. The van der Waals surface area contributed by atoms with Crippen molar-refractivity contribution in [3.05, 3.63) is 0 Å². The van der Waals surface area contributed by atoms with Gasteiger partial charge in [-0.3, -0.25) is 9.69 Å². The van der Waals surface area contributed by atoms with Crippen LogP contribution < -0.4 is 11.1 Å². The number of nitrogens with two attached hydrogens (primary N) is 1. The van der Waals surface area contributed by atoms with Crippen LogP contribution in [-0.4, -0.2) is 56.2 Å². The summed E-state index contributed by atoms with van der Waals surface area (Å²) >= 11 is 0. The molecule has 0 spiro atoms. The van der Waals surface area contributed by atoms with Crippen molar-refractivity contribution in [3.8, 4) is 0 Å². The van der Waals surface area contributed by atoms with Crippen LogP contribution in [0.4, 0.5) is 0 Å². The van der Waals surface area contributed by atoms with Crippen molar-refractivity contribution < 1.29 is 9.53 Å². The van der Waals surface area contributed by atoms with Crippen LogP contribution in [0, 0.1) is 0 Å². The Hall–Kier alpha value is -0.650. The molecule has 82 valence electrons. The minimum absolute atomic E-state index is 0.313. The van der Waals surface area contributed by atoms with Crippen molar-refractivity contribution in [2.24, 2.45) is 5.73 Å². The number of ether oxygens (including phenoxy) is 1. The SMILES string of the molecule is CNC(C)(CN1CCOCC1)C(N)=O. The molecular weight excluding hydrogens is 182 g/mol. The topological polar surface area (TPSA) is 67.6 Å². The second-order valence-electron chi connectivity index (χ2n) is 3.83. The summed E-state index contributed by atoms with van der Waals surface area (Å²) in [5, 5.41) is 2.97. The molecule has 1 amide bonds. The van der Waals surface area contributed by atoms with Gasteiger partial charge in [-0.25, -0.2) is 0 Å². The van der Waals surface area contributed by atoms with Gasteiger partial charge in [-0.15, -0.1) is 0 Å². The first kappa shape index (κ1) is 11.4. The molecule has 0 saturated carbocycles. The summed E-state index contributed by atoms with van der Waals surface area (Å²) in [6.07, 6.45) is 0. The second kappa shape index (κ2) is 4.72. The van der Waals surface area contributed by atoms with Crippen LogP contribution in [0.25, 0.3) is 0 Å². The number of likely N-dealkylation sites (N-methyl/N-ethyl adjacent to an activating group) is 1. The lowest BCUT2D eigenvalue weighted by atomic mass is 10.0. The fourth-order valence-corrected chi connectivity index (χ4v) is 1.49. The number of nitrogens with zero attached hydrogens (tertiary/aromatic N) is 1. The third-order valence-electron chi connectivity index (χ3n) is 2.74. The maximum Gasteiger partial charge on any atom is 0.238 e. The van der Waals surface area contributed by atoms with Crippen molar-refractivity contribution in [3.63, 3.8) is 0 Å². The lowest BCUT2D eigenvalue weighted by Gasteiger charge is -2.34. The zero-order valence-electron chi connectivity index (χ0n) is 8.88. The number of nitrogens with one attached hydrogen (secondary N) is 1. The van der Waals surface area contributed by atoms with E-state index >= 15 is 0 Å². The molecule has 0 aromatic rings. The largest absolute Gasteiger partial charge is 0.379 e. The third kappa shape index (κ3) is 2.67. The van der Waals surface area contributed by atoms with Gasteiger partial charge in [0.2, 0.25) is 5.91 Å². The Morgan fingerprint density at radius 2 is 2.14 bits per heavy atom. The quantitative estimate of drug-likeness (QED) is 0.598. The molecule has 1 atom stereocenters. The Balaban J connectivity index is 2.50. The van der Waals surface area contributed by atoms with E-state index < -0.39 is 5.54 Å². The summed E-state index contributed by atoms with van der Waals surface area (Å²) in [5.74, 6) is -0.313. The highest BCUT2D eigenvalue weighted by Gasteiger charge is 2.31. The molecule has 0 aliphatic carbocycles. The first-order valence-corrected chi connectivity index (χ1v) is 4.87. The van der Waals surface area contributed by atoms with Crippen molar-refractivity contribution >= 4 is 5.91 Å². The van der Waals surface area contributed by atoms with E-state index in [1.807, 2.05) is 6.92 Å². The van der Waals surface area contributed by atoms with Crippen molar-refractivity contribution in [1.82, 2.24) is 10.2 Å². The Morgan fingerprint density at radius 3 is 2.57 bits per heavy atom. The minimum atomic E-state index is -0.642. The molecule has 1 rings (SSSR count). The molecule has 0 bridgehead atoms. The number of hydrogen-bond donors (Lipinski definition) is 2. The van der Waals surface area contributed by atoms with E-state index in [0.29, 0.717) is 6.54 Å². The molecule has 1 fully saturated rings. The van der Waals surface area contributed by atoms with Gasteiger partial charge in [0.1, 0.15) is 5.54 Å². The number of carbonyl (C=O) groups is 1. The summed E-state index contributed by atoms with van der Waals surface area (Å²) in [4.78, 5) is 13.4. The molecule has 1 aliphatic rings. The highest BCUT2D eigenvalue weighted by Crippen LogP contribution is 2.07. The van der Waals surface area contributed by atoms with E-state index in [1.165, 1.54) is 0 Å². The van der Waals surface area contributed by atoms with Gasteiger partial charge in [-0.1, -0.05) is 0 Å². The van der Waals surface area contributed by atoms with Gasteiger partial charge in [-0.2, -0.15) is 0 Å². The lowest BCUT2D eigenvalue weighted by Crippen LogP contribution is -2.59. The first-order valence-electron chi connectivity index (χ1n) is 4.87. The fraction of sp³-hybridized carbons (Fsp3) is 0.889. The molecular formula is C9H19N3O2. The van der Waals surface area contributed by atoms with E-state index in [0.717, 1.165) is 26.3 Å². The summed E-state index contributed by atoms with van der Waals surface area (Å²) in [6, 6.07) is 0. The van der Waals surface area contributed by atoms with Gasteiger partial charge in [0.05, 0.1) is 13.2 Å². The van der Waals surface area contributed by atoms with Crippen LogP contribution in [0.1, 0.15) is 6.92 Å². The Morgan fingerprint density at radius 1 is 1.57 bits per heavy atom. The maximum atomic E-state index is 11.2. The van der Waals surface area contributed by atoms with Gasteiger partial charge < -0.3 is 15.8 Å². The first-order chi connectivity index (χ1) is 6.58. The zero-order valence-corrected chi connectivity index (χ0v) is 8.88. The molecule has 3 N–H and O–H groups in total. The number of carbonyl (C=O) groups excluding carboxylic acids is 1. The number of amides is 1. The Labute approximate surface area is 84.6 Å². The van der Waals surface area contributed by atoms with Crippen molar-refractivity contribution in [2.45, 2.75) is 12.5 Å². The van der Waals surface area contributed by atoms with Gasteiger partial charge in [0.15, 0.2) is 0 Å². The van der Waals surface area contributed by atoms with E-state index in [9.17, 15) is 4.79 Å². The predicted octanol–water partition coefficient (Wildman–Crippen LogP) is -1.22. The number of morpholine rings is 1. The van der Waals surface area contributed by atoms with Crippen molar-refractivity contribution in [1.29, 1.82) is 0 Å². The van der Waals surface area contributed by atoms with Crippen LogP contribution in [0.15, 0.2) is 0 Å². The molecule has 5 heteroatoms. The molecule has 1 saturated heterocycles. The number of primary amides is 1. The molecule has 1 aliphatic heterocycles. The lowest BCUT2D eigenvalue weighted by molar-refractivity contribution is -0.124. The highest BCUT2D eigenvalue weighted by molar-refractivity contribution is 5.84. The van der Waals surface area contributed by atoms with E-state index in [2.05, 4.69) is 10.2 Å². The number of rotatable bonds is 4. The van der Waals surface area contributed by atoms with Crippen molar-refractivity contribution in [2.75, 3.05) is 39.9 Å². The van der Waals surface area contributed by atoms with Crippen LogP contribution in [0.2, 0.25) is 0 Å². The molecule has 14 heavy (non-hydrogen) atoms. The predicted molar refractivity (Wildman–Crippen MR) is 53.9 cm³/mol. The van der Waals surface area contributed by atoms with Crippen LogP contribution in [0.3, 0.4) is 0 Å². The molecule has 0 radical (unpaired) electrons. The summed E-state index contributed by atoms with van der Waals surface area (Å²) in [7, 11) is 1.76. The van der Waals surface area contributed by atoms with Gasteiger partial charge in [0.25, 0.3) is 0 Å². The van der Waals surface area contributed by atoms with Crippen LogP contribution in [0.5, 0.6) is 0 Å². The average Bonchev–Trinajstić information content (AvgIpc) is 2.19. The van der Waals surface area contributed by atoms with Gasteiger partial charge in [-0.05, 0) is 14.0 Å². The maximum absolute atomic E-state index is 11.2. The zero-order chi connectivity index (χ0) is 10.6. The second-order valence-corrected chi connectivity index (χ2v) is 3.83.